The third kappa shape index (κ3) is 2.02. The third-order valence-corrected chi connectivity index (χ3v) is 3.38. The van der Waals surface area contributed by atoms with Gasteiger partial charge in [-0.05, 0) is 12.8 Å². The molecule has 0 spiro atoms. The van der Waals surface area contributed by atoms with Crippen LogP contribution in [0.5, 0.6) is 0 Å². The SMILES string of the molecule is FCCN1CCNC2CCCCC21. The van der Waals surface area contributed by atoms with Crippen molar-refractivity contribution in [2.45, 2.75) is 37.8 Å². The van der Waals surface area contributed by atoms with E-state index in [2.05, 4.69) is 10.2 Å². The van der Waals surface area contributed by atoms with Crippen LogP contribution in [0.4, 0.5) is 4.39 Å². The van der Waals surface area contributed by atoms with Gasteiger partial charge in [-0.1, -0.05) is 12.8 Å². The number of alkyl halides is 1. The summed E-state index contributed by atoms with van der Waals surface area (Å²) >= 11 is 0. The van der Waals surface area contributed by atoms with Crippen molar-refractivity contribution in [2.24, 2.45) is 0 Å². The lowest BCUT2D eigenvalue weighted by Crippen LogP contribution is -2.59. The summed E-state index contributed by atoms with van der Waals surface area (Å²) in [4.78, 5) is 2.33. The molecule has 2 fully saturated rings. The minimum absolute atomic E-state index is 0.191. The molecule has 2 aliphatic rings. The second-order valence-electron chi connectivity index (χ2n) is 4.14. The fraction of sp³-hybridized carbons (Fsp3) is 1.00. The third-order valence-electron chi connectivity index (χ3n) is 3.38. The molecule has 0 amide bonds. The first-order valence-electron chi connectivity index (χ1n) is 5.45. The van der Waals surface area contributed by atoms with Gasteiger partial charge in [0.15, 0.2) is 0 Å². The van der Waals surface area contributed by atoms with E-state index in [4.69, 9.17) is 0 Å². The van der Waals surface area contributed by atoms with Crippen molar-refractivity contribution >= 4 is 0 Å². The summed E-state index contributed by atoms with van der Waals surface area (Å²) in [5.41, 5.74) is 0. The molecule has 2 atom stereocenters. The Morgan fingerprint density at radius 1 is 1.31 bits per heavy atom. The molecule has 0 aromatic carbocycles. The van der Waals surface area contributed by atoms with Crippen LogP contribution in [0.2, 0.25) is 0 Å². The Morgan fingerprint density at radius 3 is 3.00 bits per heavy atom. The van der Waals surface area contributed by atoms with Crippen LogP contribution in [-0.4, -0.2) is 43.3 Å². The first-order chi connectivity index (χ1) is 6.42. The van der Waals surface area contributed by atoms with Gasteiger partial charge in [0.1, 0.15) is 6.67 Å². The molecular weight excluding hydrogens is 167 g/mol. The summed E-state index contributed by atoms with van der Waals surface area (Å²) in [6, 6.07) is 1.27. The van der Waals surface area contributed by atoms with Crippen LogP contribution in [0.15, 0.2) is 0 Å². The van der Waals surface area contributed by atoms with Crippen molar-refractivity contribution in [3.63, 3.8) is 0 Å². The van der Waals surface area contributed by atoms with Gasteiger partial charge in [0.2, 0.25) is 0 Å². The Hall–Kier alpha value is -0.150. The van der Waals surface area contributed by atoms with Gasteiger partial charge in [-0.15, -0.1) is 0 Å². The smallest absolute Gasteiger partial charge is 0.102 e. The number of halogens is 1. The van der Waals surface area contributed by atoms with E-state index in [-0.39, 0.29) is 6.67 Å². The second kappa shape index (κ2) is 4.38. The molecule has 76 valence electrons. The largest absolute Gasteiger partial charge is 0.311 e. The molecule has 0 radical (unpaired) electrons. The number of hydrogen-bond donors (Lipinski definition) is 1. The summed E-state index contributed by atoms with van der Waals surface area (Å²) in [5, 5.41) is 3.55. The quantitative estimate of drug-likeness (QED) is 0.696. The predicted molar refractivity (Wildman–Crippen MR) is 51.6 cm³/mol. The van der Waals surface area contributed by atoms with E-state index in [1.54, 1.807) is 0 Å². The van der Waals surface area contributed by atoms with Crippen LogP contribution in [0, 0.1) is 0 Å². The van der Waals surface area contributed by atoms with Crippen molar-refractivity contribution in [3.8, 4) is 0 Å². The number of piperazine rings is 1. The van der Waals surface area contributed by atoms with Crippen LogP contribution >= 0.6 is 0 Å². The van der Waals surface area contributed by atoms with E-state index in [9.17, 15) is 4.39 Å². The molecule has 0 bridgehead atoms. The van der Waals surface area contributed by atoms with Gasteiger partial charge in [0, 0.05) is 31.7 Å². The molecule has 1 saturated heterocycles. The highest BCUT2D eigenvalue weighted by Gasteiger charge is 2.32. The van der Waals surface area contributed by atoms with Gasteiger partial charge < -0.3 is 5.32 Å². The number of nitrogens with one attached hydrogen (secondary N) is 1. The van der Waals surface area contributed by atoms with E-state index in [1.165, 1.54) is 25.7 Å². The van der Waals surface area contributed by atoms with Gasteiger partial charge in [0.05, 0.1) is 0 Å². The lowest BCUT2D eigenvalue weighted by atomic mass is 9.87. The monoisotopic (exact) mass is 186 g/mol. The minimum atomic E-state index is -0.191. The van der Waals surface area contributed by atoms with Crippen molar-refractivity contribution < 1.29 is 4.39 Å². The fourth-order valence-corrected chi connectivity index (χ4v) is 2.73. The molecule has 1 N–H and O–H groups in total. The number of hydrogen-bond acceptors (Lipinski definition) is 2. The van der Waals surface area contributed by atoms with Gasteiger partial charge in [-0.25, -0.2) is 4.39 Å². The van der Waals surface area contributed by atoms with Gasteiger partial charge in [0.25, 0.3) is 0 Å². The standard InChI is InChI=1S/C10H19FN2/c11-5-7-13-8-6-12-9-3-1-2-4-10(9)13/h9-10,12H,1-8H2. The lowest BCUT2D eigenvalue weighted by Gasteiger charge is -2.44. The normalized spacial score (nSPS) is 35.8. The maximum Gasteiger partial charge on any atom is 0.102 e. The van der Waals surface area contributed by atoms with Crippen LogP contribution in [0.3, 0.4) is 0 Å². The molecule has 1 aliphatic carbocycles. The zero-order valence-electron chi connectivity index (χ0n) is 8.14. The molecule has 0 aromatic heterocycles. The Morgan fingerprint density at radius 2 is 2.15 bits per heavy atom. The Labute approximate surface area is 79.5 Å². The van der Waals surface area contributed by atoms with E-state index in [1.807, 2.05) is 0 Å². The molecule has 1 aliphatic heterocycles. The Balaban J connectivity index is 1.94. The highest BCUT2D eigenvalue weighted by atomic mass is 19.1. The molecule has 13 heavy (non-hydrogen) atoms. The first-order valence-corrected chi connectivity index (χ1v) is 5.45. The molecule has 2 nitrogen and oxygen atoms in total. The maximum atomic E-state index is 12.3. The van der Waals surface area contributed by atoms with Crippen molar-refractivity contribution in [1.82, 2.24) is 10.2 Å². The fourth-order valence-electron chi connectivity index (χ4n) is 2.73. The topological polar surface area (TPSA) is 15.3 Å². The van der Waals surface area contributed by atoms with Crippen LogP contribution in [-0.2, 0) is 0 Å². The van der Waals surface area contributed by atoms with Crippen LogP contribution in [0.1, 0.15) is 25.7 Å². The Bertz CT molecular complexity index is 159. The first kappa shape index (κ1) is 9.41. The van der Waals surface area contributed by atoms with E-state index < -0.39 is 0 Å². The molecule has 2 unspecified atom stereocenters. The highest BCUT2D eigenvalue weighted by molar-refractivity contribution is 4.91. The predicted octanol–water partition coefficient (Wildman–Crippen LogP) is 1.17. The zero-order chi connectivity index (χ0) is 9.10. The van der Waals surface area contributed by atoms with Gasteiger partial charge >= 0.3 is 0 Å². The second-order valence-corrected chi connectivity index (χ2v) is 4.14. The molecule has 1 saturated carbocycles. The number of nitrogens with zero attached hydrogens (tertiary/aromatic N) is 1. The van der Waals surface area contributed by atoms with E-state index >= 15 is 0 Å². The van der Waals surface area contributed by atoms with Crippen molar-refractivity contribution in [3.05, 3.63) is 0 Å². The summed E-state index contributed by atoms with van der Waals surface area (Å²) in [6.07, 6.45) is 5.22. The summed E-state index contributed by atoms with van der Waals surface area (Å²) in [5.74, 6) is 0. The molecule has 2 rings (SSSR count). The summed E-state index contributed by atoms with van der Waals surface area (Å²) in [7, 11) is 0. The average molecular weight is 186 g/mol. The van der Waals surface area contributed by atoms with Crippen molar-refractivity contribution in [1.29, 1.82) is 0 Å². The van der Waals surface area contributed by atoms with E-state index in [0.717, 1.165) is 13.1 Å². The summed E-state index contributed by atoms with van der Waals surface area (Å²) in [6.45, 7) is 2.53. The zero-order valence-corrected chi connectivity index (χ0v) is 8.14. The Kier molecular flexibility index (Phi) is 3.17. The van der Waals surface area contributed by atoms with Crippen molar-refractivity contribution in [2.75, 3.05) is 26.3 Å². The van der Waals surface area contributed by atoms with Crippen LogP contribution in [0.25, 0.3) is 0 Å². The molecule has 1 heterocycles. The minimum Gasteiger partial charge on any atom is -0.311 e. The van der Waals surface area contributed by atoms with E-state index in [0.29, 0.717) is 18.6 Å². The number of rotatable bonds is 2. The van der Waals surface area contributed by atoms with Gasteiger partial charge in [-0.2, -0.15) is 0 Å². The molecule has 3 heteroatoms. The maximum absolute atomic E-state index is 12.3. The van der Waals surface area contributed by atoms with Crippen LogP contribution < -0.4 is 5.32 Å². The average Bonchev–Trinajstić information content (AvgIpc) is 2.19. The molecule has 0 aromatic rings. The van der Waals surface area contributed by atoms with Gasteiger partial charge in [-0.3, -0.25) is 4.90 Å². The lowest BCUT2D eigenvalue weighted by molar-refractivity contribution is 0.0823. The molecular formula is C10H19FN2. The highest BCUT2D eigenvalue weighted by Crippen LogP contribution is 2.24. The summed E-state index contributed by atoms with van der Waals surface area (Å²) < 4.78 is 12.3. The number of fused-ring (bicyclic) bond motifs is 1.